The molecule has 0 saturated carbocycles. The number of nitrogens with one attached hydrogen (secondary N) is 1. The van der Waals surface area contributed by atoms with Crippen LogP contribution in [0.5, 0.6) is 0 Å². The Morgan fingerprint density at radius 2 is 1.91 bits per heavy atom. The molecule has 2 unspecified atom stereocenters. The Bertz CT molecular complexity index is 756. The molecule has 6 nitrogen and oxygen atoms in total. The molecule has 114 valence electrons. The van der Waals surface area contributed by atoms with Gasteiger partial charge in [0.1, 0.15) is 5.82 Å². The minimum absolute atomic E-state index is 0.123. The predicted molar refractivity (Wildman–Crippen MR) is 84.8 cm³/mol. The van der Waals surface area contributed by atoms with Crippen LogP contribution in [0, 0.1) is 6.92 Å². The highest BCUT2D eigenvalue weighted by Crippen LogP contribution is 2.12. The Morgan fingerprint density at radius 3 is 2.68 bits per heavy atom. The quantitative estimate of drug-likeness (QED) is 0.751. The number of aliphatic hydroxyl groups excluding tert-OH is 1. The molecule has 0 bridgehead atoms. The standard InChI is InChI=1S/C16H19N5O/c1-11(14(22)10-13-6-4-3-5-7-13)17-15-8-9-16-19-18-12(2)21(16)20-15/h3-9,11,14,22H,10H2,1-2H3,(H,17,20). The zero-order valence-corrected chi connectivity index (χ0v) is 12.6. The van der Waals surface area contributed by atoms with Gasteiger partial charge >= 0.3 is 0 Å². The van der Waals surface area contributed by atoms with Crippen LogP contribution >= 0.6 is 0 Å². The summed E-state index contributed by atoms with van der Waals surface area (Å²) in [6, 6.07) is 13.5. The lowest BCUT2D eigenvalue weighted by molar-refractivity contribution is 0.158. The van der Waals surface area contributed by atoms with Crippen molar-refractivity contribution in [2.45, 2.75) is 32.4 Å². The lowest BCUT2D eigenvalue weighted by Crippen LogP contribution is -2.32. The maximum absolute atomic E-state index is 10.3. The van der Waals surface area contributed by atoms with Gasteiger partial charge in [0.25, 0.3) is 0 Å². The van der Waals surface area contributed by atoms with Gasteiger partial charge in [0.05, 0.1) is 12.1 Å². The number of anilines is 1. The first kappa shape index (κ1) is 14.5. The van der Waals surface area contributed by atoms with Crippen molar-refractivity contribution < 1.29 is 5.11 Å². The fraction of sp³-hybridized carbons (Fsp3) is 0.312. The monoisotopic (exact) mass is 297 g/mol. The molecule has 0 spiro atoms. The first-order valence-corrected chi connectivity index (χ1v) is 7.31. The van der Waals surface area contributed by atoms with Crippen LogP contribution in [-0.4, -0.2) is 37.1 Å². The zero-order valence-electron chi connectivity index (χ0n) is 12.6. The smallest absolute Gasteiger partial charge is 0.178 e. The second-order valence-corrected chi connectivity index (χ2v) is 5.43. The van der Waals surface area contributed by atoms with Gasteiger partial charge in [-0.2, -0.15) is 4.52 Å². The number of aliphatic hydroxyl groups is 1. The second kappa shape index (κ2) is 6.11. The number of fused-ring (bicyclic) bond motifs is 1. The van der Waals surface area contributed by atoms with Crippen molar-refractivity contribution in [2.24, 2.45) is 0 Å². The van der Waals surface area contributed by atoms with Crippen LogP contribution in [-0.2, 0) is 6.42 Å². The van der Waals surface area contributed by atoms with E-state index in [0.29, 0.717) is 17.9 Å². The number of aryl methyl sites for hydroxylation is 1. The Morgan fingerprint density at radius 1 is 1.14 bits per heavy atom. The number of nitrogens with zero attached hydrogens (tertiary/aromatic N) is 4. The molecule has 2 atom stereocenters. The minimum Gasteiger partial charge on any atom is -0.391 e. The molecule has 0 aliphatic carbocycles. The van der Waals surface area contributed by atoms with Gasteiger partial charge in [-0.15, -0.1) is 15.3 Å². The number of hydrogen-bond donors (Lipinski definition) is 2. The molecule has 3 rings (SSSR count). The first-order chi connectivity index (χ1) is 10.6. The van der Waals surface area contributed by atoms with Crippen LogP contribution < -0.4 is 5.32 Å². The number of rotatable bonds is 5. The van der Waals surface area contributed by atoms with Gasteiger partial charge in [0.15, 0.2) is 11.5 Å². The third-order valence-corrected chi connectivity index (χ3v) is 3.66. The average Bonchev–Trinajstić information content (AvgIpc) is 2.89. The van der Waals surface area contributed by atoms with Crippen molar-refractivity contribution in [1.82, 2.24) is 19.8 Å². The van der Waals surface area contributed by atoms with Crippen LogP contribution in [0.15, 0.2) is 42.5 Å². The van der Waals surface area contributed by atoms with E-state index < -0.39 is 6.10 Å². The highest BCUT2D eigenvalue weighted by molar-refractivity contribution is 5.44. The zero-order chi connectivity index (χ0) is 15.5. The molecule has 0 fully saturated rings. The van der Waals surface area contributed by atoms with E-state index in [0.717, 1.165) is 11.4 Å². The molecule has 22 heavy (non-hydrogen) atoms. The average molecular weight is 297 g/mol. The lowest BCUT2D eigenvalue weighted by Gasteiger charge is -2.20. The van der Waals surface area contributed by atoms with E-state index in [1.807, 2.05) is 56.3 Å². The molecule has 6 heteroatoms. The highest BCUT2D eigenvalue weighted by Gasteiger charge is 2.15. The normalized spacial score (nSPS) is 14.0. The lowest BCUT2D eigenvalue weighted by atomic mass is 10.0. The van der Waals surface area contributed by atoms with Crippen LogP contribution in [0.25, 0.3) is 5.65 Å². The Balaban J connectivity index is 1.69. The molecule has 0 radical (unpaired) electrons. The van der Waals surface area contributed by atoms with Gasteiger partial charge in [-0.05, 0) is 31.5 Å². The van der Waals surface area contributed by atoms with Crippen molar-refractivity contribution in [3.63, 3.8) is 0 Å². The molecule has 3 aromatic rings. The van der Waals surface area contributed by atoms with Crippen LogP contribution in [0.1, 0.15) is 18.3 Å². The summed E-state index contributed by atoms with van der Waals surface area (Å²) in [7, 11) is 0. The fourth-order valence-electron chi connectivity index (χ4n) is 2.33. The van der Waals surface area contributed by atoms with Gasteiger partial charge in [0, 0.05) is 6.42 Å². The molecule has 1 aromatic carbocycles. The summed E-state index contributed by atoms with van der Waals surface area (Å²) in [5.41, 5.74) is 1.82. The maximum Gasteiger partial charge on any atom is 0.178 e. The van der Waals surface area contributed by atoms with Crippen molar-refractivity contribution in [2.75, 3.05) is 5.32 Å². The number of hydrogen-bond acceptors (Lipinski definition) is 5. The number of aromatic nitrogens is 4. The van der Waals surface area contributed by atoms with Gasteiger partial charge in [-0.25, -0.2) is 0 Å². The van der Waals surface area contributed by atoms with Crippen molar-refractivity contribution in [3.05, 3.63) is 53.9 Å². The van der Waals surface area contributed by atoms with Crippen LogP contribution in [0.4, 0.5) is 5.82 Å². The summed E-state index contributed by atoms with van der Waals surface area (Å²) < 4.78 is 1.68. The molecule has 2 N–H and O–H groups in total. The summed E-state index contributed by atoms with van der Waals surface area (Å²) in [6.07, 6.45) is 0.102. The van der Waals surface area contributed by atoms with Gasteiger partial charge in [0.2, 0.25) is 0 Å². The highest BCUT2D eigenvalue weighted by atomic mass is 16.3. The molecule has 0 aliphatic heterocycles. The minimum atomic E-state index is -0.498. The molecule has 0 saturated heterocycles. The Labute approximate surface area is 128 Å². The molecule has 2 heterocycles. The first-order valence-electron chi connectivity index (χ1n) is 7.31. The van der Waals surface area contributed by atoms with E-state index in [4.69, 9.17) is 0 Å². The molecular formula is C16H19N5O. The van der Waals surface area contributed by atoms with E-state index in [9.17, 15) is 5.11 Å². The van der Waals surface area contributed by atoms with E-state index in [1.54, 1.807) is 4.52 Å². The van der Waals surface area contributed by atoms with Gasteiger partial charge < -0.3 is 10.4 Å². The predicted octanol–water partition coefficient (Wildman–Crippen LogP) is 1.84. The van der Waals surface area contributed by atoms with Crippen LogP contribution in [0.2, 0.25) is 0 Å². The largest absolute Gasteiger partial charge is 0.391 e. The molecule has 0 aliphatic rings. The number of benzene rings is 1. The second-order valence-electron chi connectivity index (χ2n) is 5.43. The maximum atomic E-state index is 10.3. The van der Waals surface area contributed by atoms with Gasteiger partial charge in [-0.1, -0.05) is 30.3 Å². The third-order valence-electron chi connectivity index (χ3n) is 3.66. The van der Waals surface area contributed by atoms with E-state index >= 15 is 0 Å². The summed E-state index contributed by atoms with van der Waals surface area (Å²) in [4.78, 5) is 0. The fourth-order valence-corrected chi connectivity index (χ4v) is 2.33. The molecular weight excluding hydrogens is 278 g/mol. The Kier molecular flexibility index (Phi) is 4.02. The topological polar surface area (TPSA) is 75.3 Å². The van der Waals surface area contributed by atoms with Crippen molar-refractivity contribution >= 4 is 11.5 Å². The summed E-state index contributed by atoms with van der Waals surface area (Å²) in [5, 5.41) is 26.0. The van der Waals surface area contributed by atoms with Crippen molar-refractivity contribution in [1.29, 1.82) is 0 Å². The van der Waals surface area contributed by atoms with E-state index in [2.05, 4.69) is 20.6 Å². The third kappa shape index (κ3) is 3.07. The van der Waals surface area contributed by atoms with Gasteiger partial charge in [-0.3, -0.25) is 0 Å². The summed E-state index contributed by atoms with van der Waals surface area (Å²) >= 11 is 0. The van der Waals surface area contributed by atoms with E-state index in [-0.39, 0.29) is 6.04 Å². The Hall–Kier alpha value is -2.47. The molecule has 2 aromatic heterocycles. The molecule has 0 amide bonds. The summed E-state index contributed by atoms with van der Waals surface area (Å²) in [5.74, 6) is 1.42. The summed E-state index contributed by atoms with van der Waals surface area (Å²) in [6.45, 7) is 3.79. The van der Waals surface area contributed by atoms with Crippen molar-refractivity contribution in [3.8, 4) is 0 Å². The SMILES string of the molecule is Cc1nnc2ccc(NC(C)C(O)Cc3ccccc3)nn12. The van der Waals surface area contributed by atoms with Crippen LogP contribution in [0.3, 0.4) is 0 Å². The van der Waals surface area contributed by atoms with E-state index in [1.165, 1.54) is 0 Å².